The molecule has 0 heterocycles. The molecule has 0 saturated heterocycles. The number of carbonyl (C=O) groups is 2. The summed E-state index contributed by atoms with van der Waals surface area (Å²) in [7, 11) is 0. The minimum Gasteiger partial charge on any atom is -0.466 e. The van der Waals surface area contributed by atoms with Crippen molar-refractivity contribution >= 4 is 11.9 Å². The predicted octanol–water partition coefficient (Wildman–Crippen LogP) is 7.91. The van der Waals surface area contributed by atoms with Crippen molar-refractivity contribution in [1.82, 2.24) is 0 Å². The van der Waals surface area contributed by atoms with Crippen molar-refractivity contribution in [3.63, 3.8) is 0 Å². The molecule has 0 unspecified atom stereocenters. The molecule has 0 aliphatic carbocycles. The number of esters is 2. The monoisotopic (exact) mass is 426 g/mol. The number of rotatable bonds is 23. The largest absolute Gasteiger partial charge is 0.466 e. The summed E-state index contributed by atoms with van der Waals surface area (Å²) in [4.78, 5) is 23.4. The minimum absolute atomic E-state index is 0.133. The van der Waals surface area contributed by atoms with E-state index in [1.807, 2.05) is 0 Å². The third kappa shape index (κ3) is 23.2. The zero-order valence-corrected chi connectivity index (χ0v) is 20.2. The summed E-state index contributed by atoms with van der Waals surface area (Å²) in [5.74, 6) is -0.268. The number of hydrogen-bond donors (Lipinski definition) is 0. The SMILES string of the molecule is CCCCCCCCCCCOC(=O)CCCCC(=O)OCCCCCCCCC. The maximum atomic E-state index is 11.7. The van der Waals surface area contributed by atoms with Crippen molar-refractivity contribution < 1.29 is 19.1 Å². The van der Waals surface area contributed by atoms with Gasteiger partial charge in [0.15, 0.2) is 0 Å². The van der Waals surface area contributed by atoms with Gasteiger partial charge >= 0.3 is 11.9 Å². The Balaban J connectivity index is 3.29. The van der Waals surface area contributed by atoms with Crippen LogP contribution in [0.25, 0.3) is 0 Å². The molecule has 0 amide bonds. The molecule has 0 aromatic carbocycles. The fourth-order valence-corrected chi connectivity index (χ4v) is 3.53. The third-order valence-corrected chi connectivity index (χ3v) is 5.53. The first-order chi connectivity index (χ1) is 14.7. The van der Waals surface area contributed by atoms with Crippen LogP contribution in [-0.4, -0.2) is 25.2 Å². The van der Waals surface area contributed by atoms with E-state index in [0.717, 1.165) is 25.7 Å². The molecule has 0 bridgehead atoms. The van der Waals surface area contributed by atoms with Crippen molar-refractivity contribution in [3.05, 3.63) is 0 Å². The molecule has 0 aromatic heterocycles. The van der Waals surface area contributed by atoms with Crippen molar-refractivity contribution in [2.45, 2.75) is 142 Å². The van der Waals surface area contributed by atoms with Crippen LogP contribution in [-0.2, 0) is 19.1 Å². The summed E-state index contributed by atoms with van der Waals surface area (Å²) in [6, 6.07) is 0. The molecule has 0 fully saturated rings. The van der Waals surface area contributed by atoms with Gasteiger partial charge in [-0.1, -0.05) is 104 Å². The molecule has 0 N–H and O–H groups in total. The second kappa shape index (κ2) is 24.2. The Morgan fingerprint density at radius 2 is 0.733 bits per heavy atom. The zero-order valence-electron chi connectivity index (χ0n) is 20.2. The summed E-state index contributed by atoms with van der Waals surface area (Å²) in [6.07, 6.45) is 22.1. The van der Waals surface area contributed by atoms with E-state index in [1.54, 1.807) is 0 Å². The first kappa shape index (κ1) is 28.9. The molecule has 0 saturated carbocycles. The van der Waals surface area contributed by atoms with Gasteiger partial charge in [0.25, 0.3) is 0 Å². The molecule has 0 radical (unpaired) electrons. The van der Waals surface area contributed by atoms with Crippen molar-refractivity contribution in [3.8, 4) is 0 Å². The smallest absolute Gasteiger partial charge is 0.305 e. The predicted molar refractivity (Wildman–Crippen MR) is 126 cm³/mol. The highest BCUT2D eigenvalue weighted by atomic mass is 16.5. The van der Waals surface area contributed by atoms with Crippen LogP contribution in [0.5, 0.6) is 0 Å². The lowest BCUT2D eigenvalue weighted by Crippen LogP contribution is -2.08. The molecule has 0 spiro atoms. The highest BCUT2D eigenvalue weighted by Gasteiger charge is 2.06. The Kier molecular flexibility index (Phi) is 23.4. The Hall–Kier alpha value is -1.06. The van der Waals surface area contributed by atoms with Crippen LogP contribution in [0, 0.1) is 0 Å². The number of ether oxygens (including phenoxy) is 2. The molecule has 0 aromatic rings. The van der Waals surface area contributed by atoms with Gasteiger partial charge in [-0.15, -0.1) is 0 Å². The number of unbranched alkanes of at least 4 members (excludes halogenated alkanes) is 15. The van der Waals surface area contributed by atoms with Gasteiger partial charge in [0.05, 0.1) is 13.2 Å². The van der Waals surface area contributed by atoms with Gasteiger partial charge in [-0.25, -0.2) is 0 Å². The quantitative estimate of drug-likeness (QED) is 0.123. The fourth-order valence-electron chi connectivity index (χ4n) is 3.53. The maximum Gasteiger partial charge on any atom is 0.305 e. The van der Waals surface area contributed by atoms with E-state index in [0.29, 0.717) is 38.9 Å². The van der Waals surface area contributed by atoms with E-state index < -0.39 is 0 Å². The normalized spacial score (nSPS) is 10.9. The Morgan fingerprint density at radius 1 is 0.433 bits per heavy atom. The number of carbonyl (C=O) groups excluding carboxylic acids is 2. The highest BCUT2D eigenvalue weighted by molar-refractivity contribution is 5.70. The van der Waals surface area contributed by atoms with Gasteiger partial charge < -0.3 is 9.47 Å². The molecule has 0 aliphatic rings. The van der Waals surface area contributed by atoms with Crippen LogP contribution < -0.4 is 0 Å². The summed E-state index contributed by atoms with van der Waals surface area (Å²) >= 11 is 0. The number of hydrogen-bond acceptors (Lipinski definition) is 4. The molecular weight excluding hydrogens is 376 g/mol. The third-order valence-electron chi connectivity index (χ3n) is 5.53. The van der Waals surface area contributed by atoms with Gasteiger partial charge in [0.1, 0.15) is 0 Å². The van der Waals surface area contributed by atoms with Crippen LogP contribution in [0.1, 0.15) is 142 Å². The fraction of sp³-hybridized carbons (Fsp3) is 0.923. The first-order valence-electron chi connectivity index (χ1n) is 13.0. The van der Waals surface area contributed by atoms with Gasteiger partial charge in [0, 0.05) is 12.8 Å². The van der Waals surface area contributed by atoms with Gasteiger partial charge in [0.2, 0.25) is 0 Å². The summed E-state index contributed by atoms with van der Waals surface area (Å²) in [6.45, 7) is 5.54. The second-order valence-electron chi connectivity index (χ2n) is 8.60. The van der Waals surface area contributed by atoms with Crippen LogP contribution in [0.4, 0.5) is 0 Å². The summed E-state index contributed by atoms with van der Waals surface area (Å²) < 4.78 is 10.5. The van der Waals surface area contributed by atoms with Crippen molar-refractivity contribution in [1.29, 1.82) is 0 Å². The lowest BCUT2D eigenvalue weighted by atomic mass is 10.1. The average Bonchev–Trinajstić information content (AvgIpc) is 2.74. The van der Waals surface area contributed by atoms with Crippen LogP contribution >= 0.6 is 0 Å². The van der Waals surface area contributed by atoms with E-state index in [4.69, 9.17) is 9.47 Å². The van der Waals surface area contributed by atoms with Crippen LogP contribution in [0.3, 0.4) is 0 Å². The molecule has 0 aliphatic heterocycles. The highest BCUT2D eigenvalue weighted by Crippen LogP contribution is 2.10. The average molecular weight is 427 g/mol. The van der Waals surface area contributed by atoms with E-state index in [1.165, 1.54) is 77.0 Å². The molecule has 30 heavy (non-hydrogen) atoms. The maximum absolute atomic E-state index is 11.7. The molecule has 4 heteroatoms. The molecule has 0 atom stereocenters. The molecule has 0 rings (SSSR count). The zero-order chi connectivity index (χ0) is 22.1. The van der Waals surface area contributed by atoms with Crippen LogP contribution in [0.2, 0.25) is 0 Å². The van der Waals surface area contributed by atoms with Crippen LogP contribution in [0.15, 0.2) is 0 Å². The minimum atomic E-state index is -0.135. The van der Waals surface area contributed by atoms with E-state index in [9.17, 15) is 9.59 Å². The van der Waals surface area contributed by atoms with Gasteiger partial charge in [-0.2, -0.15) is 0 Å². The van der Waals surface area contributed by atoms with E-state index in [-0.39, 0.29) is 11.9 Å². The van der Waals surface area contributed by atoms with Gasteiger partial charge in [-0.3, -0.25) is 9.59 Å². The Morgan fingerprint density at radius 3 is 1.07 bits per heavy atom. The van der Waals surface area contributed by atoms with Crippen molar-refractivity contribution in [2.75, 3.05) is 13.2 Å². The van der Waals surface area contributed by atoms with Crippen molar-refractivity contribution in [2.24, 2.45) is 0 Å². The summed E-state index contributed by atoms with van der Waals surface area (Å²) in [5, 5.41) is 0. The Bertz CT molecular complexity index is 381. The van der Waals surface area contributed by atoms with Gasteiger partial charge in [-0.05, 0) is 25.7 Å². The topological polar surface area (TPSA) is 52.6 Å². The first-order valence-corrected chi connectivity index (χ1v) is 13.0. The molecular formula is C26H50O4. The molecule has 4 nitrogen and oxygen atoms in total. The summed E-state index contributed by atoms with van der Waals surface area (Å²) in [5.41, 5.74) is 0. The lowest BCUT2D eigenvalue weighted by Gasteiger charge is -2.06. The standard InChI is InChI=1S/C26H50O4/c1-3-5-7-9-11-12-14-16-20-24-30-26(28)22-18-17-21-25(27)29-23-19-15-13-10-8-6-4-2/h3-24H2,1-2H3. The molecule has 178 valence electrons. The van der Waals surface area contributed by atoms with E-state index in [2.05, 4.69) is 13.8 Å². The second-order valence-corrected chi connectivity index (χ2v) is 8.60. The Labute approximate surface area is 186 Å². The lowest BCUT2D eigenvalue weighted by molar-refractivity contribution is -0.146. The van der Waals surface area contributed by atoms with E-state index >= 15 is 0 Å².